The Morgan fingerprint density at radius 1 is 0.935 bits per heavy atom. The van der Waals surface area contributed by atoms with Crippen LogP contribution in [0.15, 0.2) is 78.9 Å². The van der Waals surface area contributed by atoms with Gasteiger partial charge >= 0.3 is 6.03 Å². The standard InChI is InChI=1S/C26H30N2O3/c1-3-4-18-31-24-16-14-23(15-17-24)28-25(29)27-19-26(2,30)22-12-10-21(11-13-22)20-8-6-5-7-9-20/h5-17,30H,3-4,18-19H2,1-2H3,(H2,27,28,29). The van der Waals surface area contributed by atoms with Crippen molar-refractivity contribution < 1.29 is 14.6 Å². The number of hydrogen-bond donors (Lipinski definition) is 3. The molecule has 0 aliphatic carbocycles. The predicted molar refractivity (Wildman–Crippen MR) is 125 cm³/mol. The number of carbonyl (C=O) groups is 1. The molecule has 0 saturated carbocycles. The van der Waals surface area contributed by atoms with Crippen molar-refractivity contribution in [1.82, 2.24) is 5.32 Å². The first-order valence-electron chi connectivity index (χ1n) is 10.6. The van der Waals surface area contributed by atoms with Crippen LogP contribution in [-0.2, 0) is 5.60 Å². The highest BCUT2D eigenvalue weighted by Gasteiger charge is 2.23. The van der Waals surface area contributed by atoms with Gasteiger partial charge in [-0.1, -0.05) is 67.9 Å². The molecule has 5 nitrogen and oxygen atoms in total. The Morgan fingerprint density at radius 2 is 1.58 bits per heavy atom. The maximum absolute atomic E-state index is 12.3. The molecule has 0 aromatic heterocycles. The minimum Gasteiger partial charge on any atom is -0.494 e. The summed E-state index contributed by atoms with van der Waals surface area (Å²) in [4.78, 5) is 12.3. The summed E-state index contributed by atoms with van der Waals surface area (Å²) in [7, 11) is 0. The number of anilines is 1. The van der Waals surface area contributed by atoms with Gasteiger partial charge in [-0.2, -0.15) is 0 Å². The Balaban J connectivity index is 1.52. The van der Waals surface area contributed by atoms with Crippen LogP contribution in [0.2, 0.25) is 0 Å². The lowest BCUT2D eigenvalue weighted by Gasteiger charge is -2.24. The molecule has 2 amide bonds. The first-order valence-corrected chi connectivity index (χ1v) is 10.6. The Morgan fingerprint density at radius 3 is 2.23 bits per heavy atom. The first kappa shape index (κ1) is 22.4. The van der Waals surface area contributed by atoms with Gasteiger partial charge < -0.3 is 20.5 Å². The summed E-state index contributed by atoms with van der Waals surface area (Å²) in [6.45, 7) is 4.58. The van der Waals surface area contributed by atoms with Crippen molar-refractivity contribution in [2.24, 2.45) is 0 Å². The Bertz CT molecular complexity index is 952. The number of benzene rings is 3. The van der Waals surface area contributed by atoms with Crippen molar-refractivity contribution in [3.05, 3.63) is 84.4 Å². The normalized spacial score (nSPS) is 12.6. The van der Waals surface area contributed by atoms with Crippen molar-refractivity contribution >= 4 is 11.7 Å². The fourth-order valence-electron chi connectivity index (χ4n) is 3.15. The molecule has 3 aromatic carbocycles. The number of urea groups is 1. The first-order chi connectivity index (χ1) is 15.0. The third-order valence-corrected chi connectivity index (χ3v) is 5.09. The second kappa shape index (κ2) is 10.6. The Labute approximate surface area is 184 Å². The molecule has 5 heteroatoms. The average molecular weight is 419 g/mol. The molecule has 31 heavy (non-hydrogen) atoms. The van der Waals surface area contributed by atoms with Crippen molar-refractivity contribution in [1.29, 1.82) is 0 Å². The molecule has 1 atom stereocenters. The second-order valence-corrected chi connectivity index (χ2v) is 7.75. The zero-order valence-corrected chi connectivity index (χ0v) is 18.1. The largest absolute Gasteiger partial charge is 0.494 e. The summed E-state index contributed by atoms with van der Waals surface area (Å²) in [6, 6.07) is 24.7. The fourth-order valence-corrected chi connectivity index (χ4v) is 3.15. The summed E-state index contributed by atoms with van der Waals surface area (Å²) in [5.41, 5.74) is 2.40. The van der Waals surface area contributed by atoms with Gasteiger partial charge in [0.2, 0.25) is 0 Å². The molecule has 0 aliphatic rings. The van der Waals surface area contributed by atoms with E-state index in [1.165, 1.54) is 0 Å². The maximum Gasteiger partial charge on any atom is 0.319 e. The summed E-state index contributed by atoms with van der Waals surface area (Å²) >= 11 is 0. The number of aliphatic hydroxyl groups is 1. The highest BCUT2D eigenvalue weighted by molar-refractivity contribution is 5.89. The summed E-state index contributed by atoms with van der Waals surface area (Å²) in [6.07, 6.45) is 2.10. The number of hydrogen-bond acceptors (Lipinski definition) is 3. The number of carbonyl (C=O) groups excluding carboxylic acids is 1. The van der Waals surface area contributed by atoms with Crippen LogP contribution in [0.4, 0.5) is 10.5 Å². The van der Waals surface area contributed by atoms with Gasteiger partial charge in [-0.05, 0) is 54.3 Å². The fraction of sp³-hybridized carbons (Fsp3) is 0.269. The van der Waals surface area contributed by atoms with Crippen LogP contribution in [0.3, 0.4) is 0 Å². The molecule has 0 heterocycles. The Hall–Kier alpha value is -3.31. The van der Waals surface area contributed by atoms with E-state index in [0.29, 0.717) is 12.3 Å². The molecule has 0 saturated heterocycles. The third-order valence-electron chi connectivity index (χ3n) is 5.09. The SMILES string of the molecule is CCCCOc1ccc(NC(=O)NCC(C)(O)c2ccc(-c3ccccc3)cc2)cc1. The van der Waals surface area contributed by atoms with Crippen molar-refractivity contribution in [3.8, 4) is 16.9 Å². The number of amides is 2. The van der Waals surface area contributed by atoms with Crippen LogP contribution in [0.1, 0.15) is 32.3 Å². The molecule has 0 fully saturated rings. The van der Waals surface area contributed by atoms with Crippen LogP contribution < -0.4 is 15.4 Å². The van der Waals surface area contributed by atoms with E-state index >= 15 is 0 Å². The number of unbranched alkanes of at least 4 members (excludes halogenated alkanes) is 1. The quantitative estimate of drug-likeness (QED) is 0.398. The van der Waals surface area contributed by atoms with E-state index in [0.717, 1.165) is 35.3 Å². The lowest BCUT2D eigenvalue weighted by molar-refractivity contribution is 0.0600. The van der Waals surface area contributed by atoms with Gasteiger partial charge in [0.1, 0.15) is 11.4 Å². The molecular weight excluding hydrogens is 388 g/mol. The Kier molecular flexibility index (Phi) is 7.68. The van der Waals surface area contributed by atoms with Crippen LogP contribution in [0.5, 0.6) is 5.75 Å². The number of rotatable bonds is 9. The van der Waals surface area contributed by atoms with E-state index in [9.17, 15) is 9.90 Å². The monoisotopic (exact) mass is 418 g/mol. The summed E-state index contributed by atoms with van der Waals surface area (Å²) in [5.74, 6) is 0.779. The van der Waals surface area contributed by atoms with E-state index in [1.807, 2.05) is 66.7 Å². The molecule has 0 spiro atoms. The second-order valence-electron chi connectivity index (χ2n) is 7.75. The topological polar surface area (TPSA) is 70.6 Å². The average Bonchev–Trinajstić information content (AvgIpc) is 2.80. The zero-order valence-electron chi connectivity index (χ0n) is 18.1. The van der Waals surface area contributed by atoms with Crippen LogP contribution >= 0.6 is 0 Å². The summed E-state index contributed by atoms with van der Waals surface area (Å²) in [5, 5.41) is 16.4. The van der Waals surface area contributed by atoms with Crippen LogP contribution in [-0.4, -0.2) is 24.3 Å². The molecular formula is C26H30N2O3. The van der Waals surface area contributed by atoms with Gasteiger partial charge in [-0.15, -0.1) is 0 Å². The maximum atomic E-state index is 12.3. The van der Waals surface area contributed by atoms with Gasteiger partial charge in [0.25, 0.3) is 0 Å². The van der Waals surface area contributed by atoms with E-state index in [-0.39, 0.29) is 12.6 Å². The van der Waals surface area contributed by atoms with Crippen molar-refractivity contribution in [3.63, 3.8) is 0 Å². The molecule has 3 rings (SSSR count). The van der Waals surface area contributed by atoms with Crippen molar-refractivity contribution in [2.75, 3.05) is 18.5 Å². The smallest absolute Gasteiger partial charge is 0.319 e. The summed E-state index contributed by atoms with van der Waals surface area (Å²) < 4.78 is 5.62. The molecule has 0 aliphatic heterocycles. The van der Waals surface area contributed by atoms with Gasteiger partial charge in [0, 0.05) is 5.69 Å². The minimum atomic E-state index is -1.19. The van der Waals surface area contributed by atoms with Gasteiger partial charge in [0.15, 0.2) is 0 Å². The van der Waals surface area contributed by atoms with Crippen molar-refractivity contribution in [2.45, 2.75) is 32.3 Å². The number of nitrogens with one attached hydrogen (secondary N) is 2. The highest BCUT2D eigenvalue weighted by atomic mass is 16.5. The van der Waals surface area contributed by atoms with Crippen LogP contribution in [0, 0.1) is 0 Å². The number of ether oxygens (including phenoxy) is 1. The van der Waals surface area contributed by atoms with Gasteiger partial charge in [-0.25, -0.2) is 4.79 Å². The molecule has 0 radical (unpaired) electrons. The molecule has 3 N–H and O–H groups in total. The minimum absolute atomic E-state index is 0.0850. The molecule has 0 bridgehead atoms. The van der Waals surface area contributed by atoms with Gasteiger partial charge in [-0.3, -0.25) is 0 Å². The molecule has 162 valence electrons. The van der Waals surface area contributed by atoms with E-state index in [2.05, 4.69) is 17.6 Å². The molecule has 1 unspecified atom stereocenters. The van der Waals surface area contributed by atoms with E-state index in [4.69, 9.17) is 4.74 Å². The zero-order chi connectivity index (χ0) is 22.1. The lowest BCUT2D eigenvalue weighted by Crippen LogP contribution is -2.40. The predicted octanol–water partition coefficient (Wildman–Crippen LogP) is 5.56. The third kappa shape index (κ3) is 6.59. The van der Waals surface area contributed by atoms with E-state index in [1.54, 1.807) is 19.1 Å². The van der Waals surface area contributed by atoms with Crippen LogP contribution in [0.25, 0.3) is 11.1 Å². The van der Waals surface area contributed by atoms with Gasteiger partial charge in [0.05, 0.1) is 13.2 Å². The highest BCUT2D eigenvalue weighted by Crippen LogP contribution is 2.25. The molecule has 3 aromatic rings. The van der Waals surface area contributed by atoms with E-state index < -0.39 is 5.60 Å². The lowest BCUT2D eigenvalue weighted by atomic mass is 9.94.